The second-order valence-corrected chi connectivity index (χ2v) is 4.92. The first-order chi connectivity index (χ1) is 7.72. The average molecular weight is 227 g/mol. The molecule has 1 fully saturated rings. The van der Waals surface area contributed by atoms with E-state index in [0.29, 0.717) is 6.42 Å². The van der Waals surface area contributed by atoms with Gasteiger partial charge < -0.3 is 10.0 Å². The number of unbranched alkanes of at least 4 members (excludes halogenated alkanes) is 1. The molecule has 1 rings (SSSR count). The van der Waals surface area contributed by atoms with Gasteiger partial charge in [0, 0.05) is 6.42 Å². The van der Waals surface area contributed by atoms with E-state index in [2.05, 4.69) is 11.8 Å². The van der Waals surface area contributed by atoms with Gasteiger partial charge in [-0.25, -0.2) is 0 Å². The van der Waals surface area contributed by atoms with Crippen molar-refractivity contribution in [1.29, 1.82) is 0 Å². The summed E-state index contributed by atoms with van der Waals surface area (Å²) in [6.07, 6.45) is 7.55. The quantitative estimate of drug-likeness (QED) is 0.680. The van der Waals surface area contributed by atoms with Crippen molar-refractivity contribution in [3.05, 3.63) is 0 Å². The van der Waals surface area contributed by atoms with E-state index in [1.54, 1.807) is 0 Å². The lowest BCUT2D eigenvalue weighted by atomic mass is 9.92. The number of likely N-dealkylation sites (tertiary alicyclic amines) is 1. The number of rotatable bonds is 7. The van der Waals surface area contributed by atoms with Gasteiger partial charge in [-0.1, -0.05) is 19.8 Å². The Bertz CT molecular complexity index is 198. The molecule has 3 nitrogen and oxygen atoms in total. The minimum atomic E-state index is -0.665. The van der Waals surface area contributed by atoms with E-state index in [0.717, 1.165) is 25.3 Å². The maximum absolute atomic E-state index is 10.4. The SMILES string of the molecule is CCCC1CCN(CCCCC(=O)O)CC1. The monoisotopic (exact) mass is 227 g/mol. The molecule has 0 aromatic rings. The second kappa shape index (κ2) is 7.66. The van der Waals surface area contributed by atoms with E-state index in [1.807, 2.05) is 0 Å². The van der Waals surface area contributed by atoms with Crippen molar-refractivity contribution in [1.82, 2.24) is 4.90 Å². The Kier molecular flexibility index (Phi) is 6.46. The summed E-state index contributed by atoms with van der Waals surface area (Å²) in [4.78, 5) is 12.8. The number of aliphatic carboxylic acids is 1. The lowest BCUT2D eigenvalue weighted by Crippen LogP contribution is -2.34. The Morgan fingerprint density at radius 2 is 2.00 bits per heavy atom. The van der Waals surface area contributed by atoms with Crippen LogP contribution < -0.4 is 0 Å². The van der Waals surface area contributed by atoms with Crippen LogP contribution in [0, 0.1) is 5.92 Å². The third-order valence-electron chi connectivity index (χ3n) is 3.52. The van der Waals surface area contributed by atoms with Crippen molar-refractivity contribution in [2.24, 2.45) is 5.92 Å². The van der Waals surface area contributed by atoms with Crippen LogP contribution in [-0.2, 0) is 4.79 Å². The molecule has 16 heavy (non-hydrogen) atoms. The molecule has 94 valence electrons. The molecule has 0 aliphatic carbocycles. The van der Waals surface area contributed by atoms with Crippen LogP contribution in [0.25, 0.3) is 0 Å². The van der Waals surface area contributed by atoms with Gasteiger partial charge in [-0.3, -0.25) is 4.79 Å². The molecule has 0 spiro atoms. The van der Waals surface area contributed by atoms with Crippen LogP contribution in [0.15, 0.2) is 0 Å². The summed E-state index contributed by atoms with van der Waals surface area (Å²) in [6.45, 7) is 5.79. The zero-order valence-electron chi connectivity index (χ0n) is 10.5. The van der Waals surface area contributed by atoms with Crippen LogP contribution in [0.5, 0.6) is 0 Å². The molecule has 1 heterocycles. The van der Waals surface area contributed by atoms with Crippen LogP contribution in [0.1, 0.15) is 51.9 Å². The van der Waals surface area contributed by atoms with Crippen LogP contribution >= 0.6 is 0 Å². The normalized spacial score (nSPS) is 18.8. The predicted molar refractivity (Wildman–Crippen MR) is 65.6 cm³/mol. The zero-order chi connectivity index (χ0) is 11.8. The number of hydrogen-bond acceptors (Lipinski definition) is 2. The van der Waals surface area contributed by atoms with E-state index in [9.17, 15) is 4.79 Å². The maximum Gasteiger partial charge on any atom is 0.303 e. The van der Waals surface area contributed by atoms with Gasteiger partial charge in [0.25, 0.3) is 0 Å². The van der Waals surface area contributed by atoms with E-state index < -0.39 is 5.97 Å². The van der Waals surface area contributed by atoms with Crippen molar-refractivity contribution in [2.45, 2.75) is 51.9 Å². The third kappa shape index (κ3) is 5.50. The van der Waals surface area contributed by atoms with E-state index in [4.69, 9.17) is 5.11 Å². The molecule has 1 N–H and O–H groups in total. The Hall–Kier alpha value is -0.570. The van der Waals surface area contributed by atoms with Crippen molar-refractivity contribution in [2.75, 3.05) is 19.6 Å². The standard InChI is InChI=1S/C13H25NO2/c1-2-5-12-7-10-14(11-8-12)9-4-3-6-13(15)16/h12H,2-11H2,1H3,(H,15,16). The Labute approximate surface area is 98.8 Å². The molecule has 3 heteroatoms. The fourth-order valence-electron chi connectivity index (χ4n) is 2.52. The fourth-order valence-corrected chi connectivity index (χ4v) is 2.52. The largest absolute Gasteiger partial charge is 0.481 e. The Balaban J connectivity index is 2.01. The highest BCUT2D eigenvalue weighted by atomic mass is 16.4. The average Bonchev–Trinajstić information content (AvgIpc) is 2.27. The molecule has 1 aliphatic heterocycles. The van der Waals surface area contributed by atoms with Gasteiger partial charge in [0.1, 0.15) is 0 Å². The minimum absolute atomic E-state index is 0.326. The summed E-state index contributed by atoms with van der Waals surface area (Å²) in [5, 5.41) is 8.53. The number of hydrogen-bond donors (Lipinski definition) is 1. The van der Waals surface area contributed by atoms with Gasteiger partial charge >= 0.3 is 5.97 Å². The van der Waals surface area contributed by atoms with Gasteiger partial charge in [-0.05, 0) is 51.2 Å². The van der Waals surface area contributed by atoms with E-state index in [1.165, 1.54) is 38.8 Å². The molecule has 0 bridgehead atoms. The lowest BCUT2D eigenvalue weighted by Gasteiger charge is -2.31. The second-order valence-electron chi connectivity index (χ2n) is 4.92. The number of carboxylic acids is 1. The molecule has 1 saturated heterocycles. The highest BCUT2D eigenvalue weighted by Crippen LogP contribution is 2.21. The topological polar surface area (TPSA) is 40.5 Å². The Morgan fingerprint density at radius 1 is 1.31 bits per heavy atom. The first-order valence-corrected chi connectivity index (χ1v) is 6.66. The van der Waals surface area contributed by atoms with Crippen LogP contribution in [0.4, 0.5) is 0 Å². The first kappa shape index (κ1) is 13.5. The van der Waals surface area contributed by atoms with Crippen LogP contribution in [0.3, 0.4) is 0 Å². The molecular formula is C13H25NO2. The van der Waals surface area contributed by atoms with Crippen molar-refractivity contribution in [3.8, 4) is 0 Å². The molecule has 0 radical (unpaired) electrons. The minimum Gasteiger partial charge on any atom is -0.481 e. The maximum atomic E-state index is 10.4. The van der Waals surface area contributed by atoms with Crippen LogP contribution in [-0.4, -0.2) is 35.6 Å². The number of carboxylic acid groups (broad SMARTS) is 1. The van der Waals surface area contributed by atoms with Gasteiger partial charge in [-0.2, -0.15) is 0 Å². The Morgan fingerprint density at radius 3 is 2.56 bits per heavy atom. The molecule has 0 amide bonds. The number of carbonyl (C=O) groups is 1. The molecule has 1 aliphatic rings. The number of nitrogens with zero attached hydrogens (tertiary/aromatic N) is 1. The van der Waals surface area contributed by atoms with Gasteiger partial charge in [0.15, 0.2) is 0 Å². The lowest BCUT2D eigenvalue weighted by molar-refractivity contribution is -0.137. The molecule has 0 saturated carbocycles. The van der Waals surface area contributed by atoms with Gasteiger partial charge in [-0.15, -0.1) is 0 Å². The number of piperidine rings is 1. The summed E-state index contributed by atoms with van der Waals surface area (Å²) in [6, 6.07) is 0. The summed E-state index contributed by atoms with van der Waals surface area (Å²) in [7, 11) is 0. The highest BCUT2D eigenvalue weighted by Gasteiger charge is 2.17. The highest BCUT2D eigenvalue weighted by molar-refractivity contribution is 5.66. The summed E-state index contributed by atoms with van der Waals surface area (Å²) in [5.74, 6) is 0.280. The van der Waals surface area contributed by atoms with Crippen molar-refractivity contribution < 1.29 is 9.90 Å². The van der Waals surface area contributed by atoms with Gasteiger partial charge in [0.2, 0.25) is 0 Å². The molecule has 0 unspecified atom stereocenters. The van der Waals surface area contributed by atoms with Crippen molar-refractivity contribution >= 4 is 5.97 Å². The summed E-state index contributed by atoms with van der Waals surface area (Å²) in [5.41, 5.74) is 0. The van der Waals surface area contributed by atoms with Gasteiger partial charge in [0.05, 0.1) is 0 Å². The van der Waals surface area contributed by atoms with Crippen LogP contribution in [0.2, 0.25) is 0 Å². The molecule has 0 aromatic carbocycles. The molecule has 0 atom stereocenters. The third-order valence-corrected chi connectivity index (χ3v) is 3.52. The first-order valence-electron chi connectivity index (χ1n) is 6.66. The van der Waals surface area contributed by atoms with E-state index >= 15 is 0 Å². The predicted octanol–water partition coefficient (Wildman–Crippen LogP) is 2.75. The zero-order valence-corrected chi connectivity index (χ0v) is 10.5. The smallest absolute Gasteiger partial charge is 0.303 e. The summed E-state index contributed by atoms with van der Waals surface area (Å²) < 4.78 is 0. The molecule has 0 aromatic heterocycles. The molecular weight excluding hydrogens is 202 g/mol. The summed E-state index contributed by atoms with van der Waals surface area (Å²) >= 11 is 0. The van der Waals surface area contributed by atoms with Crippen molar-refractivity contribution in [3.63, 3.8) is 0 Å². The van der Waals surface area contributed by atoms with E-state index in [-0.39, 0.29) is 0 Å². The fraction of sp³-hybridized carbons (Fsp3) is 0.923.